The van der Waals surface area contributed by atoms with Crippen LogP contribution in [0.25, 0.3) is 6.08 Å². The van der Waals surface area contributed by atoms with E-state index in [4.69, 9.17) is 4.74 Å². The number of carbonyl (C=O) groups is 2. The van der Waals surface area contributed by atoms with Crippen LogP contribution in [0.3, 0.4) is 0 Å². The van der Waals surface area contributed by atoms with Crippen molar-refractivity contribution < 1.29 is 18.7 Å². The van der Waals surface area contributed by atoms with Gasteiger partial charge in [0.15, 0.2) is 11.6 Å². The first kappa shape index (κ1) is 14.2. The van der Waals surface area contributed by atoms with Crippen LogP contribution in [0.15, 0.2) is 24.3 Å². The normalized spacial score (nSPS) is 15.7. The highest BCUT2D eigenvalue weighted by molar-refractivity contribution is 5.93. The van der Waals surface area contributed by atoms with Gasteiger partial charge in [-0.05, 0) is 23.8 Å². The first-order chi connectivity index (χ1) is 9.60. The Labute approximate surface area is 116 Å². The average Bonchev–Trinajstić information content (AvgIpc) is 2.45. The molecule has 1 heterocycles. The summed E-state index contributed by atoms with van der Waals surface area (Å²) in [6.45, 7) is 0.915. The van der Waals surface area contributed by atoms with Crippen molar-refractivity contribution in [3.05, 3.63) is 35.7 Å². The van der Waals surface area contributed by atoms with Crippen molar-refractivity contribution in [2.75, 3.05) is 20.2 Å². The molecule has 0 saturated carbocycles. The standard InChI is InChI=1S/C15H16FNO3/c1-20-14-4-2-11(10-13(14)16)3-5-15(19)17-8-6-12(18)7-9-17/h2-5,10H,6-9H2,1H3/b5-3+. The maximum atomic E-state index is 13.5. The molecule has 0 radical (unpaired) electrons. The third kappa shape index (κ3) is 3.44. The first-order valence-corrected chi connectivity index (χ1v) is 6.42. The summed E-state index contributed by atoms with van der Waals surface area (Å²) in [6.07, 6.45) is 3.78. The molecule has 1 aromatic rings. The lowest BCUT2D eigenvalue weighted by molar-refractivity contribution is -0.130. The molecule has 0 bridgehead atoms. The number of halogens is 1. The second kappa shape index (κ2) is 6.32. The van der Waals surface area contributed by atoms with Crippen LogP contribution in [-0.2, 0) is 9.59 Å². The lowest BCUT2D eigenvalue weighted by Gasteiger charge is -2.24. The molecule has 5 heteroatoms. The Kier molecular flexibility index (Phi) is 4.50. The Morgan fingerprint density at radius 2 is 2.05 bits per heavy atom. The van der Waals surface area contributed by atoms with E-state index in [9.17, 15) is 14.0 Å². The molecule has 0 N–H and O–H groups in total. The zero-order valence-corrected chi connectivity index (χ0v) is 11.3. The molecule has 0 aliphatic carbocycles. The van der Waals surface area contributed by atoms with E-state index in [1.165, 1.54) is 25.3 Å². The minimum atomic E-state index is -0.467. The van der Waals surface area contributed by atoms with Crippen molar-refractivity contribution >= 4 is 17.8 Å². The zero-order valence-electron chi connectivity index (χ0n) is 11.3. The van der Waals surface area contributed by atoms with E-state index in [0.717, 1.165) is 0 Å². The molecule has 1 aromatic carbocycles. The van der Waals surface area contributed by atoms with Gasteiger partial charge in [-0.15, -0.1) is 0 Å². The van der Waals surface area contributed by atoms with Gasteiger partial charge in [-0.1, -0.05) is 6.07 Å². The maximum Gasteiger partial charge on any atom is 0.246 e. The van der Waals surface area contributed by atoms with Crippen molar-refractivity contribution in [2.24, 2.45) is 0 Å². The number of hydrogen-bond donors (Lipinski definition) is 0. The number of piperidine rings is 1. The van der Waals surface area contributed by atoms with Crippen molar-refractivity contribution in [1.29, 1.82) is 0 Å². The van der Waals surface area contributed by atoms with Crippen LogP contribution < -0.4 is 4.74 Å². The molecule has 1 fully saturated rings. The monoisotopic (exact) mass is 277 g/mol. The van der Waals surface area contributed by atoms with Crippen LogP contribution in [0.4, 0.5) is 4.39 Å². The van der Waals surface area contributed by atoms with Gasteiger partial charge < -0.3 is 9.64 Å². The summed E-state index contributed by atoms with van der Waals surface area (Å²) in [5.41, 5.74) is 0.588. The topological polar surface area (TPSA) is 46.6 Å². The Morgan fingerprint density at radius 3 is 2.65 bits per heavy atom. The van der Waals surface area contributed by atoms with E-state index in [0.29, 0.717) is 31.5 Å². The lowest BCUT2D eigenvalue weighted by atomic mass is 10.1. The van der Waals surface area contributed by atoms with Crippen molar-refractivity contribution in [3.63, 3.8) is 0 Å². The van der Waals surface area contributed by atoms with E-state index in [1.807, 2.05) is 0 Å². The molecule has 4 nitrogen and oxygen atoms in total. The van der Waals surface area contributed by atoms with Crippen molar-refractivity contribution in [2.45, 2.75) is 12.8 Å². The zero-order chi connectivity index (χ0) is 14.5. The molecular weight excluding hydrogens is 261 g/mol. The Morgan fingerprint density at radius 1 is 1.35 bits per heavy atom. The molecule has 20 heavy (non-hydrogen) atoms. The molecule has 0 atom stereocenters. The Hall–Kier alpha value is -2.17. The van der Waals surface area contributed by atoms with Gasteiger partial charge in [-0.3, -0.25) is 9.59 Å². The fourth-order valence-electron chi connectivity index (χ4n) is 2.04. The van der Waals surface area contributed by atoms with E-state index in [1.54, 1.807) is 17.0 Å². The SMILES string of the molecule is COc1ccc(/C=C/C(=O)N2CCC(=O)CC2)cc1F. The molecule has 106 valence electrons. The Balaban J connectivity index is 2.00. The number of benzene rings is 1. The summed E-state index contributed by atoms with van der Waals surface area (Å²) in [5, 5.41) is 0. The molecule has 2 rings (SSSR count). The van der Waals surface area contributed by atoms with E-state index in [2.05, 4.69) is 0 Å². The highest BCUT2D eigenvalue weighted by Crippen LogP contribution is 2.18. The smallest absolute Gasteiger partial charge is 0.246 e. The third-order valence-electron chi connectivity index (χ3n) is 3.23. The minimum Gasteiger partial charge on any atom is -0.494 e. The molecular formula is C15H16FNO3. The van der Waals surface area contributed by atoms with Crippen LogP contribution in [0.2, 0.25) is 0 Å². The minimum absolute atomic E-state index is 0.159. The van der Waals surface area contributed by atoms with E-state index in [-0.39, 0.29) is 17.4 Å². The highest BCUT2D eigenvalue weighted by Gasteiger charge is 2.18. The summed E-state index contributed by atoms with van der Waals surface area (Å²) in [4.78, 5) is 24.6. The van der Waals surface area contributed by atoms with Gasteiger partial charge in [-0.2, -0.15) is 0 Å². The average molecular weight is 277 g/mol. The number of nitrogens with zero attached hydrogens (tertiary/aromatic N) is 1. The molecule has 1 amide bonds. The largest absolute Gasteiger partial charge is 0.494 e. The van der Waals surface area contributed by atoms with Gasteiger partial charge in [-0.25, -0.2) is 4.39 Å². The number of methoxy groups -OCH3 is 1. The summed E-state index contributed by atoms with van der Waals surface area (Å²) in [7, 11) is 1.40. The first-order valence-electron chi connectivity index (χ1n) is 6.42. The number of ketones is 1. The predicted octanol–water partition coefficient (Wildman–Crippen LogP) is 2.04. The number of carbonyl (C=O) groups excluding carboxylic acids is 2. The number of rotatable bonds is 3. The third-order valence-corrected chi connectivity index (χ3v) is 3.23. The summed E-state index contributed by atoms with van der Waals surface area (Å²) in [5.74, 6) is -0.266. The quantitative estimate of drug-likeness (QED) is 0.794. The predicted molar refractivity (Wildman–Crippen MR) is 72.8 cm³/mol. The fraction of sp³-hybridized carbons (Fsp3) is 0.333. The second-order valence-electron chi connectivity index (χ2n) is 4.59. The number of hydrogen-bond acceptors (Lipinski definition) is 3. The van der Waals surface area contributed by atoms with Crippen molar-refractivity contribution in [3.8, 4) is 5.75 Å². The molecule has 0 unspecified atom stereocenters. The number of Topliss-reactive ketones (excluding diaryl/α,β-unsaturated/α-hetero) is 1. The summed E-state index contributed by atoms with van der Waals surface area (Å²) < 4.78 is 18.3. The van der Waals surface area contributed by atoms with E-state index >= 15 is 0 Å². The molecule has 1 aliphatic heterocycles. The van der Waals surface area contributed by atoms with Gasteiger partial charge in [0, 0.05) is 32.0 Å². The van der Waals surface area contributed by atoms with Gasteiger partial charge in [0.25, 0.3) is 0 Å². The second-order valence-corrected chi connectivity index (χ2v) is 4.59. The van der Waals surface area contributed by atoms with Crippen LogP contribution in [0, 0.1) is 5.82 Å². The van der Waals surface area contributed by atoms with Crippen LogP contribution in [-0.4, -0.2) is 36.8 Å². The van der Waals surface area contributed by atoms with Crippen LogP contribution in [0.5, 0.6) is 5.75 Å². The Bertz CT molecular complexity index is 544. The number of amides is 1. The highest BCUT2D eigenvalue weighted by atomic mass is 19.1. The van der Waals surface area contributed by atoms with Gasteiger partial charge in [0.1, 0.15) is 5.78 Å². The number of ether oxygens (including phenoxy) is 1. The van der Waals surface area contributed by atoms with Crippen LogP contribution >= 0.6 is 0 Å². The molecule has 1 saturated heterocycles. The molecule has 0 spiro atoms. The lowest BCUT2D eigenvalue weighted by Crippen LogP contribution is -2.37. The van der Waals surface area contributed by atoms with Crippen LogP contribution in [0.1, 0.15) is 18.4 Å². The number of likely N-dealkylation sites (tertiary alicyclic amines) is 1. The maximum absolute atomic E-state index is 13.5. The van der Waals surface area contributed by atoms with Gasteiger partial charge >= 0.3 is 0 Å². The summed E-state index contributed by atoms with van der Waals surface area (Å²) in [6, 6.07) is 4.49. The van der Waals surface area contributed by atoms with Crippen molar-refractivity contribution in [1.82, 2.24) is 4.90 Å². The fourth-order valence-corrected chi connectivity index (χ4v) is 2.04. The molecule has 0 aromatic heterocycles. The van der Waals surface area contributed by atoms with Gasteiger partial charge in [0.2, 0.25) is 5.91 Å². The van der Waals surface area contributed by atoms with E-state index < -0.39 is 5.82 Å². The summed E-state index contributed by atoms with van der Waals surface area (Å²) >= 11 is 0. The van der Waals surface area contributed by atoms with Gasteiger partial charge in [0.05, 0.1) is 7.11 Å². The molecule has 1 aliphatic rings.